The fourth-order valence-corrected chi connectivity index (χ4v) is 11.5. The predicted octanol–water partition coefficient (Wildman–Crippen LogP) is 5.09. The molecule has 17 nitrogen and oxygen atoms in total. The van der Waals surface area contributed by atoms with E-state index in [0.717, 1.165) is 50.5 Å². The maximum Gasteiger partial charge on any atom is 0.272 e. The van der Waals surface area contributed by atoms with E-state index in [4.69, 9.17) is 14.3 Å². The molecule has 4 aliphatic rings. The molecular weight excluding hydrogens is 907 g/mol. The summed E-state index contributed by atoms with van der Waals surface area (Å²) in [6, 6.07) is 7.66. The highest BCUT2D eigenvalue weighted by Crippen LogP contribution is 2.53. The highest BCUT2D eigenvalue weighted by atomic mass is 16.7. The van der Waals surface area contributed by atoms with Crippen LogP contribution in [0.1, 0.15) is 131 Å². The van der Waals surface area contributed by atoms with Crippen molar-refractivity contribution in [2.45, 2.75) is 167 Å². The maximum absolute atomic E-state index is 14.6. The van der Waals surface area contributed by atoms with E-state index in [-0.39, 0.29) is 71.6 Å². The number of ether oxygens (including phenoxy) is 2. The average Bonchev–Trinajstić information content (AvgIpc) is 3.69. The Hall–Kier alpha value is -4.55. The Morgan fingerprint density at radius 2 is 1.46 bits per heavy atom. The molecule has 17 heteroatoms. The molecule has 3 aliphatic heterocycles. The summed E-state index contributed by atoms with van der Waals surface area (Å²) in [7, 11) is 6.91. The lowest BCUT2D eigenvalue weighted by Gasteiger charge is -2.43. The summed E-state index contributed by atoms with van der Waals surface area (Å²) < 4.78 is 12.3. The van der Waals surface area contributed by atoms with E-state index in [2.05, 4.69) is 24.5 Å². The Bertz CT molecular complexity index is 1990. The van der Waals surface area contributed by atoms with Gasteiger partial charge in [-0.25, -0.2) is 5.06 Å². The Kier molecular flexibility index (Phi) is 21.3. The number of carbonyl (C=O) groups excluding carboxylic acids is 7. The third-order valence-corrected chi connectivity index (χ3v) is 15.6. The van der Waals surface area contributed by atoms with Gasteiger partial charge in [0.05, 0.1) is 49.3 Å². The first-order valence-electron chi connectivity index (χ1n) is 26.3. The molecule has 71 heavy (non-hydrogen) atoms. The first-order chi connectivity index (χ1) is 33.8. The first-order valence-corrected chi connectivity index (χ1v) is 26.3. The number of methoxy groups -OCH3 is 2. The van der Waals surface area contributed by atoms with Crippen LogP contribution in [0.3, 0.4) is 0 Å². The lowest BCUT2D eigenvalue weighted by Crippen LogP contribution is -2.60. The fraction of sp³-hybridized carbons (Fsp3) is 0.722. The number of amides is 7. The van der Waals surface area contributed by atoms with E-state index >= 15 is 0 Å². The van der Waals surface area contributed by atoms with Crippen LogP contribution < -0.4 is 10.6 Å². The number of hydrogen-bond donors (Lipinski definition) is 2. The zero-order valence-electron chi connectivity index (χ0n) is 44.5. The highest BCUT2D eigenvalue weighted by molar-refractivity contribution is 6.12. The number of likely N-dealkylation sites (tertiary alicyclic amines) is 1. The van der Waals surface area contributed by atoms with Crippen LogP contribution in [-0.4, -0.2) is 169 Å². The van der Waals surface area contributed by atoms with Gasteiger partial charge in [-0.3, -0.25) is 58.4 Å². The van der Waals surface area contributed by atoms with Gasteiger partial charge in [-0.2, -0.15) is 0 Å². The number of benzene rings is 1. The number of carbonyl (C=O) groups is 7. The van der Waals surface area contributed by atoms with E-state index in [1.54, 1.807) is 21.1 Å². The van der Waals surface area contributed by atoms with E-state index in [9.17, 15) is 33.6 Å². The molecule has 1 aliphatic carbocycles. The number of nitrogens with zero attached hydrogens (tertiary/aromatic N) is 5. The van der Waals surface area contributed by atoms with Gasteiger partial charge in [-0.1, -0.05) is 98.1 Å². The smallest absolute Gasteiger partial charge is 0.272 e. The molecule has 0 radical (unpaired) electrons. The number of rotatable bonds is 27. The number of likely N-dealkylation sites (N-methyl/N-ethyl adjacent to an activating group) is 2. The fourth-order valence-electron chi connectivity index (χ4n) is 11.5. The van der Waals surface area contributed by atoms with Crippen molar-refractivity contribution in [3.63, 3.8) is 0 Å². The third kappa shape index (κ3) is 13.9. The van der Waals surface area contributed by atoms with E-state index in [1.165, 1.54) is 22.1 Å². The first kappa shape index (κ1) is 57.4. The van der Waals surface area contributed by atoms with Crippen molar-refractivity contribution in [2.24, 2.45) is 23.7 Å². The minimum absolute atomic E-state index is 0.0117. The van der Waals surface area contributed by atoms with Gasteiger partial charge in [0, 0.05) is 58.0 Å². The molecular formula is C54H85N7O10. The summed E-state index contributed by atoms with van der Waals surface area (Å²) in [5.74, 6) is -3.27. The van der Waals surface area contributed by atoms with Crippen molar-refractivity contribution in [3.8, 4) is 0 Å². The second kappa shape index (κ2) is 26.4. The van der Waals surface area contributed by atoms with Gasteiger partial charge in [0.1, 0.15) is 5.54 Å². The van der Waals surface area contributed by atoms with Gasteiger partial charge in [0.15, 0.2) is 0 Å². The molecule has 3 heterocycles. The Balaban J connectivity index is 1.23. The quantitative estimate of drug-likeness (QED) is 0.0881. The van der Waals surface area contributed by atoms with Crippen LogP contribution in [0.2, 0.25) is 0 Å². The molecule has 2 saturated heterocycles. The molecule has 0 bridgehead atoms. The van der Waals surface area contributed by atoms with Crippen LogP contribution in [0, 0.1) is 23.7 Å². The summed E-state index contributed by atoms with van der Waals surface area (Å²) in [6.45, 7) is 16.2. The highest BCUT2D eigenvalue weighted by Gasteiger charge is 2.64. The summed E-state index contributed by atoms with van der Waals surface area (Å²) in [5, 5.41) is 7.36. The number of nitrogens with one attached hydrogen (secondary N) is 2. The van der Waals surface area contributed by atoms with Crippen molar-refractivity contribution < 1.29 is 47.9 Å². The van der Waals surface area contributed by atoms with Gasteiger partial charge < -0.3 is 19.7 Å². The SMILES string of the molecule is CC[C@H](C)[C@@H]([C@@H](CC(=O)N1CCC[C@H]1[C@H](OC)[C@@H](C)C(=O)N[C@@]1(C(=O)N2CCCCO2)C[C@@H]1c1ccccc1)OC)N(C)[C@H](C(=O)NC(=O)[C@H](C(C)C)N(C)CCCCCCN1C(=O)C=CC1=O)C(C)C. The summed E-state index contributed by atoms with van der Waals surface area (Å²) >= 11 is 0. The molecule has 0 spiro atoms. The Morgan fingerprint density at radius 3 is 2.06 bits per heavy atom. The maximum atomic E-state index is 14.6. The Labute approximate surface area is 423 Å². The average molecular weight is 992 g/mol. The summed E-state index contributed by atoms with van der Waals surface area (Å²) in [6.07, 6.45) is 8.76. The molecule has 1 saturated carbocycles. The number of hydroxylamine groups is 2. The van der Waals surface area contributed by atoms with Crippen LogP contribution in [0.25, 0.3) is 0 Å². The summed E-state index contributed by atoms with van der Waals surface area (Å²) in [4.78, 5) is 108. The van der Waals surface area contributed by atoms with Crippen LogP contribution >= 0.6 is 0 Å². The van der Waals surface area contributed by atoms with E-state index in [0.29, 0.717) is 52.0 Å². The van der Waals surface area contributed by atoms with Crippen molar-refractivity contribution in [3.05, 3.63) is 48.0 Å². The molecule has 396 valence electrons. The second-order valence-corrected chi connectivity index (χ2v) is 21.2. The van der Waals surface area contributed by atoms with Crippen LogP contribution in [0.5, 0.6) is 0 Å². The molecule has 1 aromatic carbocycles. The van der Waals surface area contributed by atoms with Crippen LogP contribution in [-0.2, 0) is 47.9 Å². The Morgan fingerprint density at radius 1 is 0.817 bits per heavy atom. The zero-order valence-corrected chi connectivity index (χ0v) is 44.5. The number of imide groups is 2. The van der Waals surface area contributed by atoms with Gasteiger partial charge in [0.2, 0.25) is 23.6 Å². The minimum Gasteiger partial charge on any atom is -0.379 e. The molecule has 0 unspecified atom stereocenters. The van der Waals surface area contributed by atoms with E-state index in [1.807, 2.05) is 86.8 Å². The number of unbranched alkanes of at least 4 members (excludes halogenated alkanes) is 3. The summed E-state index contributed by atoms with van der Waals surface area (Å²) in [5.41, 5.74) is -0.181. The zero-order chi connectivity index (χ0) is 52.2. The monoisotopic (exact) mass is 992 g/mol. The molecule has 1 aromatic rings. The number of hydrogen-bond acceptors (Lipinski definition) is 12. The molecule has 0 aromatic heterocycles. The van der Waals surface area contributed by atoms with Crippen molar-refractivity contribution >= 4 is 41.4 Å². The van der Waals surface area contributed by atoms with Crippen molar-refractivity contribution in [1.82, 2.24) is 35.3 Å². The standard InChI is InChI=1S/C54H85N7O10/c1-12-37(6)48(58(9)47(36(4)5)52(67)55-51(66)46(35(2)3)57(8)28-18-13-14-19-29-60-43(62)26-27-44(60)63)42(69-10)33-45(64)59-30-22-25-41(59)49(70-11)38(7)50(65)56-54(53(68)61-31-20-21-32-71-61)34-40(54)39-23-16-15-17-24-39/h15-17,23-24,26-27,35-38,40-42,46-49H,12-14,18-22,25,28-34H2,1-11H3,(H,56,65)(H,55,66,67)/t37-,38+,40+,41-,42+,46-,47-,48-,49+,54-/m0/s1. The second-order valence-electron chi connectivity index (χ2n) is 21.2. The minimum atomic E-state index is -1.15. The van der Waals surface area contributed by atoms with Crippen LogP contribution in [0.15, 0.2) is 42.5 Å². The third-order valence-electron chi connectivity index (χ3n) is 15.6. The molecule has 2 N–H and O–H groups in total. The van der Waals surface area contributed by atoms with Gasteiger partial charge in [-0.15, -0.1) is 0 Å². The normalized spacial score (nSPS) is 23.3. The lowest BCUT2D eigenvalue weighted by atomic mass is 9.87. The molecule has 5 rings (SSSR count). The van der Waals surface area contributed by atoms with Crippen molar-refractivity contribution in [1.29, 1.82) is 0 Å². The molecule has 7 amide bonds. The predicted molar refractivity (Wildman–Crippen MR) is 270 cm³/mol. The molecule has 10 atom stereocenters. The molecule has 3 fully saturated rings. The topological polar surface area (TPSA) is 187 Å². The van der Waals surface area contributed by atoms with Gasteiger partial charge in [-0.05, 0) is 88.9 Å². The van der Waals surface area contributed by atoms with Crippen LogP contribution in [0.4, 0.5) is 0 Å². The van der Waals surface area contributed by atoms with Gasteiger partial charge >= 0.3 is 0 Å². The van der Waals surface area contributed by atoms with E-state index < -0.39 is 47.7 Å². The van der Waals surface area contributed by atoms with Gasteiger partial charge in [0.25, 0.3) is 17.7 Å². The largest absolute Gasteiger partial charge is 0.379 e. The lowest BCUT2D eigenvalue weighted by molar-refractivity contribution is -0.200. The van der Waals surface area contributed by atoms with Crippen molar-refractivity contribution in [2.75, 3.05) is 61.1 Å².